The highest BCUT2D eigenvalue weighted by Gasteiger charge is 2.26. The fourth-order valence-electron chi connectivity index (χ4n) is 4.60. The first-order valence-corrected chi connectivity index (χ1v) is 10.6. The molecule has 0 unspecified atom stereocenters. The number of nitrogens with zero attached hydrogens (tertiary/aromatic N) is 1. The van der Waals surface area contributed by atoms with E-state index in [0.29, 0.717) is 17.7 Å². The molecule has 1 aromatic heterocycles. The molecule has 1 aliphatic carbocycles. The molecule has 8 heteroatoms. The van der Waals surface area contributed by atoms with Crippen LogP contribution in [0.5, 0.6) is 0 Å². The summed E-state index contributed by atoms with van der Waals surface area (Å²) in [7, 11) is 0. The third kappa shape index (κ3) is 4.02. The number of benzene rings is 2. The Morgan fingerprint density at radius 1 is 1.09 bits per heavy atom. The zero-order valence-electron chi connectivity index (χ0n) is 17.5. The van der Waals surface area contributed by atoms with Gasteiger partial charge in [0.2, 0.25) is 5.43 Å². The second kappa shape index (κ2) is 8.78. The van der Waals surface area contributed by atoms with Crippen molar-refractivity contribution in [2.45, 2.75) is 44.6 Å². The maximum atomic E-state index is 15.1. The quantitative estimate of drug-likeness (QED) is 0.596. The van der Waals surface area contributed by atoms with E-state index in [0.717, 1.165) is 56.6 Å². The van der Waals surface area contributed by atoms with Gasteiger partial charge in [-0.15, -0.1) is 0 Å². The van der Waals surface area contributed by atoms with Crippen molar-refractivity contribution in [2.24, 2.45) is 0 Å². The number of nitrogens with one attached hydrogen (secondary N) is 1. The number of carboxylic acid groups (broad SMARTS) is 1. The van der Waals surface area contributed by atoms with Crippen LogP contribution in [0.2, 0.25) is 0 Å². The Kier molecular flexibility index (Phi) is 6.06. The fraction of sp³-hybridized carbons (Fsp3) is 0.333. The van der Waals surface area contributed by atoms with Crippen LogP contribution >= 0.6 is 0 Å². The highest BCUT2D eigenvalue weighted by Crippen LogP contribution is 2.36. The van der Waals surface area contributed by atoms with E-state index >= 15 is 4.39 Å². The van der Waals surface area contributed by atoms with Crippen LogP contribution in [0.4, 0.5) is 13.2 Å². The van der Waals surface area contributed by atoms with Crippen molar-refractivity contribution in [1.29, 1.82) is 0 Å². The van der Waals surface area contributed by atoms with Crippen LogP contribution in [-0.2, 0) is 0 Å². The van der Waals surface area contributed by atoms with Crippen LogP contribution in [-0.4, -0.2) is 28.2 Å². The van der Waals surface area contributed by atoms with Crippen LogP contribution in [0.25, 0.3) is 16.6 Å². The van der Waals surface area contributed by atoms with Gasteiger partial charge in [-0.25, -0.2) is 18.0 Å². The maximum Gasteiger partial charge on any atom is 0.341 e. The van der Waals surface area contributed by atoms with Crippen LogP contribution in [0, 0.1) is 17.5 Å². The van der Waals surface area contributed by atoms with Crippen molar-refractivity contribution in [1.82, 2.24) is 9.88 Å². The van der Waals surface area contributed by atoms with Crippen molar-refractivity contribution >= 4 is 16.9 Å². The lowest BCUT2D eigenvalue weighted by Crippen LogP contribution is -2.32. The number of fused-ring (bicyclic) bond motifs is 1. The fourth-order valence-corrected chi connectivity index (χ4v) is 4.60. The largest absolute Gasteiger partial charge is 0.477 e. The first-order valence-electron chi connectivity index (χ1n) is 10.6. The highest BCUT2D eigenvalue weighted by atomic mass is 19.1. The number of halogens is 3. The van der Waals surface area contributed by atoms with Gasteiger partial charge in [0.1, 0.15) is 23.0 Å². The van der Waals surface area contributed by atoms with E-state index in [9.17, 15) is 23.5 Å². The zero-order chi connectivity index (χ0) is 23.0. The second-order valence-electron chi connectivity index (χ2n) is 8.14. The molecule has 0 saturated heterocycles. The van der Waals surface area contributed by atoms with Gasteiger partial charge >= 0.3 is 5.97 Å². The number of aromatic nitrogens is 1. The smallest absolute Gasteiger partial charge is 0.341 e. The number of hydrogen-bond donors (Lipinski definition) is 2. The lowest BCUT2D eigenvalue weighted by molar-refractivity contribution is 0.0695. The molecule has 32 heavy (non-hydrogen) atoms. The molecule has 5 nitrogen and oxygen atoms in total. The molecule has 3 aromatic rings. The topological polar surface area (TPSA) is 71.3 Å². The van der Waals surface area contributed by atoms with Crippen LogP contribution in [0.15, 0.2) is 41.3 Å². The molecule has 1 heterocycles. The van der Waals surface area contributed by atoms with Crippen molar-refractivity contribution in [3.63, 3.8) is 0 Å². The molecule has 1 saturated carbocycles. The van der Waals surface area contributed by atoms with Crippen LogP contribution < -0.4 is 10.7 Å². The lowest BCUT2D eigenvalue weighted by atomic mass is 9.81. The Hall–Kier alpha value is -3.13. The van der Waals surface area contributed by atoms with E-state index in [1.807, 2.05) is 6.92 Å². The molecule has 4 rings (SSSR count). The van der Waals surface area contributed by atoms with Gasteiger partial charge in [-0.1, -0.05) is 6.92 Å². The Labute approximate surface area is 182 Å². The van der Waals surface area contributed by atoms with E-state index in [1.165, 1.54) is 10.6 Å². The average Bonchev–Trinajstić information content (AvgIpc) is 2.75. The number of carboxylic acids is 1. The molecule has 0 atom stereocenters. The summed E-state index contributed by atoms with van der Waals surface area (Å²) < 4.78 is 44.3. The maximum absolute atomic E-state index is 15.1. The molecule has 0 bridgehead atoms. The predicted octanol–water partition coefficient (Wildman–Crippen LogP) is 4.74. The Morgan fingerprint density at radius 2 is 1.81 bits per heavy atom. The van der Waals surface area contributed by atoms with Crippen LogP contribution in [0.1, 0.15) is 54.4 Å². The van der Waals surface area contributed by atoms with Gasteiger partial charge in [-0.05, 0) is 68.0 Å². The summed E-state index contributed by atoms with van der Waals surface area (Å²) in [4.78, 5) is 24.3. The zero-order valence-corrected chi connectivity index (χ0v) is 17.5. The van der Waals surface area contributed by atoms with Crippen molar-refractivity contribution in [3.8, 4) is 5.69 Å². The molecule has 2 aromatic carbocycles. The van der Waals surface area contributed by atoms with E-state index in [1.54, 1.807) is 0 Å². The molecular formula is C24H23F3N2O3. The molecule has 168 valence electrons. The van der Waals surface area contributed by atoms with Crippen molar-refractivity contribution in [3.05, 3.63) is 75.3 Å². The van der Waals surface area contributed by atoms with Gasteiger partial charge in [-0.2, -0.15) is 0 Å². The van der Waals surface area contributed by atoms with Gasteiger partial charge in [0.25, 0.3) is 0 Å². The van der Waals surface area contributed by atoms with Crippen molar-refractivity contribution in [2.75, 3.05) is 6.54 Å². The van der Waals surface area contributed by atoms with E-state index in [-0.39, 0.29) is 22.5 Å². The van der Waals surface area contributed by atoms with E-state index in [2.05, 4.69) is 5.32 Å². The Bertz CT molecular complexity index is 1250. The minimum atomic E-state index is -1.51. The first kappa shape index (κ1) is 22.1. The van der Waals surface area contributed by atoms with Crippen LogP contribution in [0.3, 0.4) is 0 Å². The predicted molar refractivity (Wildman–Crippen MR) is 115 cm³/mol. The number of rotatable bonds is 5. The Balaban J connectivity index is 1.90. The summed E-state index contributed by atoms with van der Waals surface area (Å²) in [5.41, 5.74) is -1.03. The molecule has 0 amide bonds. The molecule has 0 spiro atoms. The summed E-state index contributed by atoms with van der Waals surface area (Å²) in [5, 5.41) is 12.7. The standard InChI is InChI=1S/C24H23F3N2O3/c1-2-28-15-6-3-13(4-7-15)16-11-22-17(10-19(16)26)23(30)18(24(31)32)12-29(22)21-8-5-14(25)9-20(21)27/h5,8-13,15,28H,2-4,6-7H2,1H3,(H,31,32). The SMILES string of the molecule is CCNC1CCC(c2cc3c(cc2F)c(=O)c(C(=O)O)cn3-c2ccc(F)cc2F)CC1. The summed E-state index contributed by atoms with van der Waals surface area (Å²) in [6.07, 6.45) is 4.28. The normalized spacial score (nSPS) is 18.8. The minimum Gasteiger partial charge on any atom is -0.477 e. The van der Waals surface area contributed by atoms with Gasteiger partial charge in [0, 0.05) is 23.7 Å². The van der Waals surface area contributed by atoms with Gasteiger partial charge < -0.3 is 15.0 Å². The number of hydrogen-bond acceptors (Lipinski definition) is 3. The van der Waals surface area contributed by atoms with Gasteiger partial charge in [0.15, 0.2) is 0 Å². The van der Waals surface area contributed by atoms with E-state index < -0.39 is 34.4 Å². The third-order valence-electron chi connectivity index (χ3n) is 6.18. The molecule has 2 N–H and O–H groups in total. The highest BCUT2D eigenvalue weighted by molar-refractivity contribution is 5.93. The molecular weight excluding hydrogens is 421 g/mol. The lowest BCUT2D eigenvalue weighted by Gasteiger charge is -2.29. The molecule has 0 radical (unpaired) electrons. The van der Waals surface area contributed by atoms with Gasteiger partial charge in [0.05, 0.1) is 11.2 Å². The molecule has 0 aliphatic heterocycles. The summed E-state index contributed by atoms with van der Waals surface area (Å²) in [6.45, 7) is 2.90. The Morgan fingerprint density at radius 3 is 2.44 bits per heavy atom. The summed E-state index contributed by atoms with van der Waals surface area (Å²) >= 11 is 0. The average molecular weight is 444 g/mol. The van der Waals surface area contributed by atoms with Crippen molar-refractivity contribution < 1.29 is 23.1 Å². The monoisotopic (exact) mass is 444 g/mol. The second-order valence-corrected chi connectivity index (χ2v) is 8.14. The number of aromatic carboxylic acids is 1. The first-order chi connectivity index (χ1) is 15.3. The van der Waals surface area contributed by atoms with E-state index in [4.69, 9.17) is 0 Å². The molecule has 1 fully saturated rings. The van der Waals surface area contributed by atoms with Gasteiger partial charge in [-0.3, -0.25) is 4.79 Å². The summed E-state index contributed by atoms with van der Waals surface area (Å²) in [5.74, 6) is -3.90. The molecule has 1 aliphatic rings. The minimum absolute atomic E-state index is 0.0740. The summed E-state index contributed by atoms with van der Waals surface area (Å²) in [6, 6.07) is 5.78. The third-order valence-corrected chi connectivity index (χ3v) is 6.18. The number of carbonyl (C=O) groups is 1. The number of pyridine rings is 1.